The predicted octanol–water partition coefficient (Wildman–Crippen LogP) is 3.02. The molecular formula is C15H25N3S. The number of hydrogen-bond acceptors (Lipinski definition) is 4. The highest BCUT2D eigenvalue weighted by Crippen LogP contribution is 2.35. The first kappa shape index (κ1) is 13.5. The molecule has 106 valence electrons. The van der Waals surface area contributed by atoms with Crippen LogP contribution in [0.25, 0.3) is 0 Å². The van der Waals surface area contributed by atoms with Gasteiger partial charge >= 0.3 is 0 Å². The van der Waals surface area contributed by atoms with Gasteiger partial charge in [0, 0.05) is 37.1 Å². The van der Waals surface area contributed by atoms with Gasteiger partial charge in [-0.2, -0.15) is 0 Å². The zero-order chi connectivity index (χ0) is 13.2. The van der Waals surface area contributed by atoms with E-state index in [1.165, 1.54) is 42.9 Å². The summed E-state index contributed by atoms with van der Waals surface area (Å²) >= 11 is 1.80. The number of aromatic nitrogens is 1. The SMILES string of the molecule is CC(C)NCc1nc(CN(CC2CC2)C2CC2)cs1. The summed E-state index contributed by atoms with van der Waals surface area (Å²) in [6.45, 7) is 7.65. The molecule has 1 aromatic heterocycles. The Balaban J connectivity index is 1.52. The molecule has 2 fully saturated rings. The van der Waals surface area contributed by atoms with E-state index in [0.717, 1.165) is 25.0 Å². The monoisotopic (exact) mass is 279 g/mol. The third-order valence-electron chi connectivity index (χ3n) is 3.88. The molecule has 0 unspecified atom stereocenters. The van der Waals surface area contributed by atoms with E-state index >= 15 is 0 Å². The van der Waals surface area contributed by atoms with Gasteiger partial charge in [0.15, 0.2) is 0 Å². The van der Waals surface area contributed by atoms with Gasteiger partial charge in [0.1, 0.15) is 5.01 Å². The first-order valence-corrected chi connectivity index (χ1v) is 8.49. The molecule has 1 aromatic rings. The Labute approximate surface area is 120 Å². The smallest absolute Gasteiger partial charge is 0.107 e. The second-order valence-electron chi connectivity index (χ2n) is 6.37. The maximum absolute atomic E-state index is 4.77. The molecule has 0 bridgehead atoms. The van der Waals surface area contributed by atoms with Crippen molar-refractivity contribution in [3.8, 4) is 0 Å². The molecule has 0 radical (unpaired) electrons. The van der Waals surface area contributed by atoms with Crippen LogP contribution in [0.15, 0.2) is 5.38 Å². The minimum atomic E-state index is 0.533. The molecule has 19 heavy (non-hydrogen) atoms. The Morgan fingerprint density at radius 1 is 1.37 bits per heavy atom. The lowest BCUT2D eigenvalue weighted by Crippen LogP contribution is -2.28. The molecule has 1 N–H and O–H groups in total. The van der Waals surface area contributed by atoms with Crippen LogP contribution in [0.3, 0.4) is 0 Å². The molecule has 1 heterocycles. The molecule has 0 atom stereocenters. The van der Waals surface area contributed by atoms with E-state index in [0.29, 0.717) is 6.04 Å². The van der Waals surface area contributed by atoms with Crippen LogP contribution in [0.5, 0.6) is 0 Å². The van der Waals surface area contributed by atoms with Crippen molar-refractivity contribution >= 4 is 11.3 Å². The van der Waals surface area contributed by atoms with Crippen LogP contribution in [-0.2, 0) is 13.1 Å². The van der Waals surface area contributed by atoms with Gasteiger partial charge in [0.25, 0.3) is 0 Å². The molecule has 3 rings (SSSR count). The Bertz CT molecular complexity index is 407. The second kappa shape index (κ2) is 5.90. The third kappa shape index (κ3) is 4.26. The van der Waals surface area contributed by atoms with E-state index in [2.05, 4.69) is 29.4 Å². The van der Waals surface area contributed by atoms with E-state index in [1.807, 2.05) is 0 Å². The van der Waals surface area contributed by atoms with Gasteiger partial charge in [-0.25, -0.2) is 4.98 Å². The maximum atomic E-state index is 4.77. The number of rotatable bonds is 8. The van der Waals surface area contributed by atoms with Crippen molar-refractivity contribution in [1.82, 2.24) is 15.2 Å². The fourth-order valence-corrected chi connectivity index (χ4v) is 3.15. The molecule has 0 saturated heterocycles. The molecule has 2 aliphatic rings. The van der Waals surface area contributed by atoms with Crippen molar-refractivity contribution in [2.75, 3.05) is 6.54 Å². The van der Waals surface area contributed by atoms with E-state index in [-0.39, 0.29) is 0 Å². The average molecular weight is 279 g/mol. The minimum Gasteiger partial charge on any atom is -0.308 e. The standard InChI is InChI=1S/C15H25N3S/c1-11(2)16-7-15-17-13(10-19-15)9-18(14-5-6-14)8-12-3-4-12/h10-12,14,16H,3-9H2,1-2H3. The highest BCUT2D eigenvalue weighted by Gasteiger charge is 2.33. The molecule has 0 aliphatic heterocycles. The Morgan fingerprint density at radius 2 is 2.16 bits per heavy atom. The fourth-order valence-electron chi connectivity index (χ4n) is 2.42. The summed E-state index contributed by atoms with van der Waals surface area (Å²) in [6, 6.07) is 1.39. The normalized spacial score (nSPS) is 19.6. The molecule has 2 saturated carbocycles. The minimum absolute atomic E-state index is 0.533. The maximum Gasteiger partial charge on any atom is 0.107 e. The van der Waals surface area contributed by atoms with E-state index in [4.69, 9.17) is 4.98 Å². The average Bonchev–Trinajstić information content (AvgIpc) is 3.26. The molecule has 0 spiro atoms. The van der Waals surface area contributed by atoms with Gasteiger partial charge < -0.3 is 5.32 Å². The number of thiazole rings is 1. The van der Waals surface area contributed by atoms with Crippen molar-refractivity contribution in [3.05, 3.63) is 16.1 Å². The van der Waals surface area contributed by atoms with Crippen LogP contribution in [0.4, 0.5) is 0 Å². The molecule has 2 aliphatic carbocycles. The lowest BCUT2D eigenvalue weighted by Gasteiger charge is -2.20. The fraction of sp³-hybridized carbons (Fsp3) is 0.800. The summed E-state index contributed by atoms with van der Waals surface area (Å²) in [5, 5.41) is 6.92. The highest BCUT2D eigenvalue weighted by atomic mass is 32.1. The summed E-state index contributed by atoms with van der Waals surface area (Å²) in [4.78, 5) is 7.45. The second-order valence-corrected chi connectivity index (χ2v) is 7.31. The van der Waals surface area contributed by atoms with Crippen LogP contribution in [0, 0.1) is 5.92 Å². The van der Waals surface area contributed by atoms with Crippen molar-refractivity contribution in [1.29, 1.82) is 0 Å². The zero-order valence-electron chi connectivity index (χ0n) is 12.1. The summed E-state index contributed by atoms with van der Waals surface area (Å²) in [6.07, 6.45) is 5.70. The summed E-state index contributed by atoms with van der Waals surface area (Å²) in [7, 11) is 0. The van der Waals surface area contributed by atoms with Gasteiger partial charge in [0.05, 0.1) is 5.69 Å². The zero-order valence-corrected chi connectivity index (χ0v) is 12.9. The van der Waals surface area contributed by atoms with Gasteiger partial charge in [-0.05, 0) is 31.6 Å². The van der Waals surface area contributed by atoms with Gasteiger partial charge in [-0.1, -0.05) is 13.8 Å². The quantitative estimate of drug-likeness (QED) is 0.793. The largest absolute Gasteiger partial charge is 0.308 e. The Morgan fingerprint density at radius 3 is 2.79 bits per heavy atom. The van der Waals surface area contributed by atoms with Gasteiger partial charge in [0.2, 0.25) is 0 Å². The Kier molecular flexibility index (Phi) is 4.20. The number of nitrogens with zero attached hydrogens (tertiary/aromatic N) is 2. The first-order valence-electron chi connectivity index (χ1n) is 7.61. The third-order valence-corrected chi connectivity index (χ3v) is 4.78. The lowest BCUT2D eigenvalue weighted by atomic mass is 10.3. The van der Waals surface area contributed by atoms with Crippen molar-refractivity contribution in [3.63, 3.8) is 0 Å². The molecular weight excluding hydrogens is 254 g/mol. The summed E-state index contributed by atoms with van der Waals surface area (Å²) in [5.41, 5.74) is 1.28. The topological polar surface area (TPSA) is 28.2 Å². The lowest BCUT2D eigenvalue weighted by molar-refractivity contribution is 0.241. The van der Waals surface area contributed by atoms with Crippen LogP contribution in [-0.4, -0.2) is 28.5 Å². The number of nitrogens with one attached hydrogen (secondary N) is 1. The van der Waals surface area contributed by atoms with E-state index in [9.17, 15) is 0 Å². The predicted molar refractivity (Wildman–Crippen MR) is 80.2 cm³/mol. The molecule has 0 amide bonds. The summed E-state index contributed by atoms with van der Waals surface area (Å²) in [5.74, 6) is 0.987. The molecule has 4 heteroatoms. The van der Waals surface area contributed by atoms with Crippen LogP contribution in [0.1, 0.15) is 50.2 Å². The van der Waals surface area contributed by atoms with Gasteiger partial charge in [-0.3, -0.25) is 4.90 Å². The van der Waals surface area contributed by atoms with Crippen LogP contribution in [0.2, 0.25) is 0 Å². The Hall–Kier alpha value is -0.450. The number of hydrogen-bond donors (Lipinski definition) is 1. The van der Waals surface area contributed by atoms with Crippen molar-refractivity contribution in [2.24, 2.45) is 5.92 Å². The molecule has 3 nitrogen and oxygen atoms in total. The molecule has 0 aromatic carbocycles. The van der Waals surface area contributed by atoms with Crippen molar-refractivity contribution < 1.29 is 0 Å². The first-order chi connectivity index (χ1) is 9.20. The van der Waals surface area contributed by atoms with Crippen LogP contribution >= 0.6 is 11.3 Å². The van der Waals surface area contributed by atoms with Crippen molar-refractivity contribution in [2.45, 2.75) is 64.7 Å². The highest BCUT2D eigenvalue weighted by molar-refractivity contribution is 7.09. The summed E-state index contributed by atoms with van der Waals surface area (Å²) < 4.78 is 0. The van der Waals surface area contributed by atoms with Gasteiger partial charge in [-0.15, -0.1) is 11.3 Å². The van der Waals surface area contributed by atoms with E-state index < -0.39 is 0 Å². The van der Waals surface area contributed by atoms with E-state index in [1.54, 1.807) is 11.3 Å². The van der Waals surface area contributed by atoms with Crippen LogP contribution < -0.4 is 5.32 Å².